The van der Waals surface area contributed by atoms with Crippen molar-refractivity contribution in [2.45, 2.75) is 26.9 Å². The Morgan fingerprint density at radius 3 is 2.76 bits per heavy atom. The molecule has 2 aromatic rings. The third kappa shape index (κ3) is 1.98. The second-order valence-corrected chi connectivity index (χ2v) is 4.20. The van der Waals surface area contributed by atoms with E-state index in [-0.39, 0.29) is 0 Å². The fraction of sp³-hybridized carbons (Fsp3) is 0.357. The Hall–Kier alpha value is -1.61. The van der Waals surface area contributed by atoms with Crippen molar-refractivity contribution in [3.8, 4) is 0 Å². The van der Waals surface area contributed by atoms with Crippen LogP contribution in [0.1, 0.15) is 23.7 Å². The fourth-order valence-corrected chi connectivity index (χ4v) is 2.13. The molecule has 0 bridgehead atoms. The van der Waals surface area contributed by atoms with Gasteiger partial charge in [0.2, 0.25) is 0 Å². The Labute approximate surface area is 102 Å². The second-order valence-electron chi connectivity index (χ2n) is 4.20. The number of aromatic nitrogens is 1. The first-order chi connectivity index (χ1) is 8.19. The van der Waals surface area contributed by atoms with Crippen molar-refractivity contribution < 1.29 is 4.74 Å². The lowest BCUT2D eigenvalue weighted by Gasteiger charge is -2.12. The third-order valence-electron chi connectivity index (χ3n) is 3.13. The normalized spacial score (nSPS) is 11.0. The first-order valence-electron chi connectivity index (χ1n) is 5.84. The summed E-state index contributed by atoms with van der Waals surface area (Å²) in [5.41, 5.74) is 11.2. The van der Waals surface area contributed by atoms with Crippen molar-refractivity contribution in [3.05, 3.63) is 35.0 Å². The maximum absolute atomic E-state index is 6.18. The Balaban J connectivity index is 2.77. The summed E-state index contributed by atoms with van der Waals surface area (Å²) in [6, 6.07) is 6.05. The molecule has 0 fully saturated rings. The molecule has 90 valence electrons. The fourth-order valence-electron chi connectivity index (χ4n) is 2.13. The molecule has 0 spiro atoms. The zero-order chi connectivity index (χ0) is 12.4. The Morgan fingerprint density at radius 1 is 1.35 bits per heavy atom. The molecule has 3 nitrogen and oxygen atoms in total. The molecule has 17 heavy (non-hydrogen) atoms. The number of fused-ring (bicyclic) bond motifs is 1. The Bertz CT molecular complexity index is 549. The number of nitrogens with zero attached hydrogens (tertiary/aromatic N) is 1. The summed E-state index contributed by atoms with van der Waals surface area (Å²) < 4.78 is 5.20. The maximum atomic E-state index is 6.18. The van der Waals surface area contributed by atoms with Gasteiger partial charge in [0, 0.05) is 29.4 Å². The highest BCUT2D eigenvalue weighted by atomic mass is 16.5. The van der Waals surface area contributed by atoms with Crippen LogP contribution in [0.5, 0.6) is 0 Å². The van der Waals surface area contributed by atoms with E-state index in [2.05, 4.69) is 6.92 Å². The van der Waals surface area contributed by atoms with Crippen molar-refractivity contribution in [3.63, 3.8) is 0 Å². The number of rotatable bonds is 3. The highest BCUT2D eigenvalue weighted by Gasteiger charge is 2.10. The van der Waals surface area contributed by atoms with Gasteiger partial charge in [0.15, 0.2) is 0 Å². The summed E-state index contributed by atoms with van der Waals surface area (Å²) in [5, 5.41) is 1.02. The standard InChI is InChI=1S/C14H18N2O/c1-4-12-9(2)13(15)11-7-5-6-10(8-17-3)14(11)16-12/h5-7H,4,8H2,1-3H3,(H2,15,16). The smallest absolute Gasteiger partial charge is 0.0781 e. The number of methoxy groups -OCH3 is 1. The van der Waals surface area contributed by atoms with E-state index in [4.69, 9.17) is 15.5 Å². The lowest BCUT2D eigenvalue weighted by molar-refractivity contribution is 0.186. The first kappa shape index (κ1) is 11.9. The zero-order valence-corrected chi connectivity index (χ0v) is 10.6. The molecular formula is C14H18N2O. The Kier molecular flexibility index (Phi) is 3.29. The number of aryl methyl sites for hydroxylation is 1. The summed E-state index contributed by atoms with van der Waals surface area (Å²) in [7, 11) is 1.69. The van der Waals surface area contributed by atoms with Gasteiger partial charge in [-0.25, -0.2) is 0 Å². The van der Waals surface area contributed by atoms with E-state index in [1.807, 2.05) is 25.1 Å². The lowest BCUT2D eigenvalue weighted by atomic mass is 10.0. The van der Waals surface area contributed by atoms with Crippen molar-refractivity contribution in [1.29, 1.82) is 0 Å². The highest BCUT2D eigenvalue weighted by Crippen LogP contribution is 2.27. The molecule has 0 saturated heterocycles. The summed E-state index contributed by atoms with van der Waals surface area (Å²) in [4.78, 5) is 4.71. The molecule has 0 aliphatic carbocycles. The molecule has 0 radical (unpaired) electrons. The quantitative estimate of drug-likeness (QED) is 0.882. The second kappa shape index (κ2) is 4.72. The van der Waals surface area contributed by atoms with Crippen LogP contribution in [0.2, 0.25) is 0 Å². The van der Waals surface area contributed by atoms with E-state index in [1.54, 1.807) is 7.11 Å². The monoisotopic (exact) mass is 230 g/mol. The van der Waals surface area contributed by atoms with E-state index in [1.165, 1.54) is 0 Å². The molecule has 0 aliphatic rings. The number of para-hydroxylation sites is 1. The van der Waals surface area contributed by atoms with Gasteiger partial charge in [0.1, 0.15) is 0 Å². The molecular weight excluding hydrogens is 212 g/mol. The van der Waals surface area contributed by atoms with Gasteiger partial charge in [-0.2, -0.15) is 0 Å². The van der Waals surface area contributed by atoms with Crippen molar-refractivity contribution in [2.24, 2.45) is 0 Å². The van der Waals surface area contributed by atoms with Crippen LogP contribution in [0.25, 0.3) is 10.9 Å². The number of hydrogen-bond donors (Lipinski definition) is 1. The molecule has 2 rings (SSSR count). The van der Waals surface area contributed by atoms with Crippen LogP contribution in [0.15, 0.2) is 18.2 Å². The van der Waals surface area contributed by atoms with Gasteiger partial charge >= 0.3 is 0 Å². The average molecular weight is 230 g/mol. The first-order valence-corrected chi connectivity index (χ1v) is 5.84. The van der Waals surface area contributed by atoms with Crippen molar-refractivity contribution in [1.82, 2.24) is 4.98 Å². The van der Waals surface area contributed by atoms with E-state index in [0.29, 0.717) is 6.61 Å². The molecule has 0 saturated carbocycles. The van der Waals surface area contributed by atoms with Gasteiger partial charge < -0.3 is 10.5 Å². The van der Waals surface area contributed by atoms with Crippen LogP contribution in [-0.2, 0) is 17.8 Å². The summed E-state index contributed by atoms with van der Waals surface area (Å²) in [6.45, 7) is 4.69. The number of nitrogens with two attached hydrogens (primary N) is 1. The van der Waals surface area contributed by atoms with Crippen LogP contribution >= 0.6 is 0 Å². The number of hydrogen-bond acceptors (Lipinski definition) is 3. The molecule has 1 aromatic carbocycles. The molecule has 1 heterocycles. The number of ether oxygens (including phenoxy) is 1. The minimum absolute atomic E-state index is 0.565. The molecule has 0 amide bonds. The van der Waals surface area contributed by atoms with Crippen molar-refractivity contribution >= 4 is 16.6 Å². The number of anilines is 1. The van der Waals surface area contributed by atoms with Gasteiger partial charge in [-0.1, -0.05) is 25.1 Å². The van der Waals surface area contributed by atoms with Crippen LogP contribution < -0.4 is 5.73 Å². The van der Waals surface area contributed by atoms with Crippen LogP contribution in [0, 0.1) is 6.92 Å². The average Bonchev–Trinajstić information content (AvgIpc) is 2.34. The zero-order valence-electron chi connectivity index (χ0n) is 10.6. The Morgan fingerprint density at radius 2 is 2.12 bits per heavy atom. The summed E-state index contributed by atoms with van der Waals surface area (Å²) >= 11 is 0. The van der Waals surface area contributed by atoms with Crippen LogP contribution in [-0.4, -0.2) is 12.1 Å². The minimum atomic E-state index is 0.565. The number of nitrogen functional groups attached to an aromatic ring is 1. The lowest BCUT2D eigenvalue weighted by Crippen LogP contribution is -2.02. The largest absolute Gasteiger partial charge is 0.398 e. The van der Waals surface area contributed by atoms with E-state index >= 15 is 0 Å². The molecule has 0 unspecified atom stereocenters. The number of pyridine rings is 1. The third-order valence-corrected chi connectivity index (χ3v) is 3.13. The van der Waals surface area contributed by atoms with Crippen molar-refractivity contribution in [2.75, 3.05) is 12.8 Å². The van der Waals surface area contributed by atoms with Gasteiger partial charge in [0.25, 0.3) is 0 Å². The topological polar surface area (TPSA) is 48.1 Å². The van der Waals surface area contributed by atoms with Crippen LogP contribution in [0.3, 0.4) is 0 Å². The summed E-state index contributed by atoms with van der Waals surface area (Å²) in [5.74, 6) is 0. The predicted octanol–water partition coefficient (Wildman–Crippen LogP) is 2.83. The van der Waals surface area contributed by atoms with E-state index in [0.717, 1.165) is 39.8 Å². The number of benzene rings is 1. The van der Waals surface area contributed by atoms with Crippen LogP contribution in [0.4, 0.5) is 5.69 Å². The minimum Gasteiger partial charge on any atom is -0.398 e. The molecule has 0 atom stereocenters. The van der Waals surface area contributed by atoms with E-state index in [9.17, 15) is 0 Å². The maximum Gasteiger partial charge on any atom is 0.0781 e. The molecule has 1 aromatic heterocycles. The van der Waals surface area contributed by atoms with Gasteiger partial charge in [-0.15, -0.1) is 0 Å². The molecule has 3 heteroatoms. The molecule has 2 N–H and O–H groups in total. The highest BCUT2D eigenvalue weighted by molar-refractivity contribution is 5.93. The van der Waals surface area contributed by atoms with Gasteiger partial charge in [0.05, 0.1) is 12.1 Å². The van der Waals surface area contributed by atoms with Gasteiger partial charge in [-0.05, 0) is 18.9 Å². The predicted molar refractivity (Wildman–Crippen MR) is 71.0 cm³/mol. The summed E-state index contributed by atoms with van der Waals surface area (Å²) in [6.07, 6.45) is 0.896. The van der Waals surface area contributed by atoms with Gasteiger partial charge in [-0.3, -0.25) is 4.98 Å². The molecule has 0 aliphatic heterocycles. The van der Waals surface area contributed by atoms with E-state index < -0.39 is 0 Å². The SMILES string of the molecule is CCc1nc2c(COC)cccc2c(N)c1C.